The van der Waals surface area contributed by atoms with Crippen LogP contribution >= 0.6 is 23.4 Å². The van der Waals surface area contributed by atoms with Gasteiger partial charge in [0, 0.05) is 0 Å². The highest BCUT2D eigenvalue weighted by atomic mass is 35.5. The number of thioether (sulfide) groups is 1. The second-order valence-electron chi connectivity index (χ2n) is 3.33. The average Bonchev–Trinajstić information content (AvgIpc) is 2.32. The number of anilines is 1. The number of hydrogen-bond donors (Lipinski definition) is 1. The Hall–Kier alpha value is -1.20. The van der Waals surface area contributed by atoms with Crippen LogP contribution in [0, 0.1) is 0 Å². The van der Waals surface area contributed by atoms with E-state index >= 15 is 0 Å². The minimum absolute atomic E-state index is 0.170. The van der Waals surface area contributed by atoms with Crippen LogP contribution in [0.2, 0.25) is 5.02 Å². The predicted octanol–water partition coefficient (Wildman–Crippen LogP) is 2.57. The summed E-state index contributed by atoms with van der Waals surface area (Å²) in [5, 5.41) is 3.16. The van der Waals surface area contributed by atoms with Crippen molar-refractivity contribution in [3.63, 3.8) is 0 Å². The topological polar surface area (TPSA) is 55.4 Å². The van der Waals surface area contributed by atoms with E-state index in [0.29, 0.717) is 17.3 Å². The smallest absolute Gasteiger partial charge is 0.315 e. The number of halogens is 1. The molecule has 18 heavy (non-hydrogen) atoms. The summed E-state index contributed by atoms with van der Waals surface area (Å²) < 4.78 is 4.75. The lowest BCUT2D eigenvalue weighted by atomic mass is 10.3. The number of carbonyl (C=O) groups excluding carboxylic acids is 2. The molecule has 0 heterocycles. The monoisotopic (exact) mass is 287 g/mol. The summed E-state index contributed by atoms with van der Waals surface area (Å²) in [4.78, 5) is 22.6. The lowest BCUT2D eigenvalue weighted by Gasteiger charge is -2.06. The number of hydrogen-bond acceptors (Lipinski definition) is 4. The van der Waals surface area contributed by atoms with E-state index in [1.54, 1.807) is 31.2 Å². The van der Waals surface area contributed by atoms with Gasteiger partial charge in [0.2, 0.25) is 5.91 Å². The number of nitrogens with one attached hydrogen (secondary N) is 1. The van der Waals surface area contributed by atoms with E-state index in [9.17, 15) is 9.59 Å². The van der Waals surface area contributed by atoms with E-state index in [2.05, 4.69) is 5.32 Å². The molecule has 0 spiro atoms. The van der Waals surface area contributed by atoms with Gasteiger partial charge in [-0.15, -0.1) is 11.8 Å². The third-order valence-corrected chi connectivity index (χ3v) is 3.14. The minimum Gasteiger partial charge on any atom is -0.465 e. The standard InChI is InChI=1S/C12H14ClNO3S/c1-2-17-12(16)8-18-7-11(15)14-10-6-4-3-5-9(10)13/h3-6H,2,7-8H2,1H3,(H,14,15). The highest BCUT2D eigenvalue weighted by Crippen LogP contribution is 2.20. The van der Waals surface area contributed by atoms with Crippen molar-refractivity contribution >= 4 is 40.9 Å². The maximum atomic E-state index is 11.6. The first-order valence-electron chi connectivity index (χ1n) is 5.41. The predicted molar refractivity (Wildman–Crippen MR) is 74.0 cm³/mol. The first-order chi connectivity index (χ1) is 8.63. The molecule has 1 aromatic carbocycles. The summed E-state index contributed by atoms with van der Waals surface area (Å²) >= 11 is 7.10. The van der Waals surface area contributed by atoms with Crippen LogP contribution in [-0.2, 0) is 14.3 Å². The highest BCUT2D eigenvalue weighted by Gasteiger charge is 2.07. The van der Waals surface area contributed by atoms with Gasteiger partial charge >= 0.3 is 5.97 Å². The summed E-state index contributed by atoms with van der Waals surface area (Å²) in [6, 6.07) is 6.99. The lowest BCUT2D eigenvalue weighted by Crippen LogP contribution is -2.16. The molecule has 0 radical (unpaired) electrons. The van der Waals surface area contributed by atoms with Gasteiger partial charge < -0.3 is 10.1 Å². The SMILES string of the molecule is CCOC(=O)CSCC(=O)Nc1ccccc1Cl. The Labute approximate surface area is 115 Å². The molecule has 0 aliphatic carbocycles. The molecule has 0 saturated heterocycles. The van der Waals surface area contributed by atoms with Gasteiger partial charge in [0.05, 0.1) is 28.8 Å². The summed E-state index contributed by atoms with van der Waals surface area (Å²) in [5.41, 5.74) is 0.570. The number of ether oxygens (including phenoxy) is 1. The van der Waals surface area contributed by atoms with Gasteiger partial charge in [0.15, 0.2) is 0 Å². The zero-order valence-corrected chi connectivity index (χ0v) is 11.5. The molecule has 0 bridgehead atoms. The molecule has 0 unspecified atom stereocenters. The zero-order chi connectivity index (χ0) is 13.4. The van der Waals surface area contributed by atoms with E-state index in [1.165, 1.54) is 11.8 Å². The first kappa shape index (κ1) is 14.9. The van der Waals surface area contributed by atoms with E-state index in [-0.39, 0.29) is 23.4 Å². The fourth-order valence-electron chi connectivity index (χ4n) is 1.18. The number of rotatable bonds is 6. The minimum atomic E-state index is -0.312. The lowest BCUT2D eigenvalue weighted by molar-refractivity contribution is -0.139. The molecule has 1 aromatic rings. The second-order valence-corrected chi connectivity index (χ2v) is 4.72. The van der Waals surface area contributed by atoms with Crippen molar-refractivity contribution in [2.24, 2.45) is 0 Å². The fraction of sp³-hybridized carbons (Fsp3) is 0.333. The van der Waals surface area contributed by atoms with Crippen molar-refractivity contribution < 1.29 is 14.3 Å². The van der Waals surface area contributed by atoms with Crippen molar-refractivity contribution in [1.29, 1.82) is 0 Å². The molecule has 0 saturated carbocycles. The van der Waals surface area contributed by atoms with E-state index in [1.807, 2.05) is 0 Å². The van der Waals surface area contributed by atoms with Gasteiger partial charge in [-0.25, -0.2) is 0 Å². The normalized spacial score (nSPS) is 9.89. The van der Waals surface area contributed by atoms with Gasteiger partial charge in [-0.1, -0.05) is 23.7 Å². The maximum absolute atomic E-state index is 11.6. The van der Waals surface area contributed by atoms with Crippen molar-refractivity contribution in [1.82, 2.24) is 0 Å². The molecule has 1 N–H and O–H groups in total. The maximum Gasteiger partial charge on any atom is 0.315 e. The van der Waals surface area contributed by atoms with E-state index in [4.69, 9.17) is 16.3 Å². The summed E-state index contributed by atoms with van der Waals surface area (Å²) in [5.74, 6) is -0.154. The molecule has 0 aliphatic rings. The van der Waals surface area contributed by atoms with Crippen LogP contribution in [0.15, 0.2) is 24.3 Å². The molecular weight excluding hydrogens is 274 g/mol. The molecule has 1 amide bonds. The average molecular weight is 288 g/mol. The Morgan fingerprint density at radius 2 is 2.06 bits per heavy atom. The van der Waals surface area contributed by atoms with Crippen LogP contribution < -0.4 is 5.32 Å². The number of esters is 1. The van der Waals surface area contributed by atoms with Crippen molar-refractivity contribution in [3.05, 3.63) is 29.3 Å². The Kier molecular flexibility index (Phi) is 6.60. The summed E-state index contributed by atoms with van der Waals surface area (Å²) in [7, 11) is 0. The Morgan fingerprint density at radius 1 is 1.33 bits per heavy atom. The second kappa shape index (κ2) is 8.00. The van der Waals surface area contributed by atoms with Crippen molar-refractivity contribution in [3.8, 4) is 0 Å². The fourth-order valence-corrected chi connectivity index (χ4v) is 1.97. The molecule has 4 nitrogen and oxygen atoms in total. The Morgan fingerprint density at radius 3 is 2.72 bits per heavy atom. The quantitative estimate of drug-likeness (QED) is 0.817. The zero-order valence-electron chi connectivity index (χ0n) is 9.94. The first-order valence-corrected chi connectivity index (χ1v) is 6.94. The van der Waals surface area contributed by atoms with Crippen LogP contribution in [0.3, 0.4) is 0 Å². The van der Waals surface area contributed by atoms with Crippen molar-refractivity contribution in [2.75, 3.05) is 23.4 Å². The van der Waals surface area contributed by atoms with E-state index < -0.39 is 0 Å². The van der Waals surface area contributed by atoms with Crippen LogP contribution in [0.4, 0.5) is 5.69 Å². The molecular formula is C12H14ClNO3S. The summed E-state index contributed by atoms with van der Waals surface area (Å²) in [6.45, 7) is 2.10. The van der Waals surface area contributed by atoms with Crippen LogP contribution in [0.25, 0.3) is 0 Å². The van der Waals surface area contributed by atoms with Crippen LogP contribution in [0.1, 0.15) is 6.92 Å². The van der Waals surface area contributed by atoms with Gasteiger partial charge in [0.1, 0.15) is 0 Å². The molecule has 0 aromatic heterocycles. The highest BCUT2D eigenvalue weighted by molar-refractivity contribution is 8.00. The number of amides is 1. The molecule has 98 valence electrons. The van der Waals surface area contributed by atoms with Gasteiger partial charge in [0.25, 0.3) is 0 Å². The third kappa shape index (κ3) is 5.42. The number of benzene rings is 1. The Balaban J connectivity index is 2.30. The van der Waals surface area contributed by atoms with Gasteiger partial charge in [-0.2, -0.15) is 0 Å². The Bertz CT molecular complexity index is 426. The molecule has 6 heteroatoms. The molecule has 0 atom stereocenters. The third-order valence-electron chi connectivity index (χ3n) is 1.91. The van der Waals surface area contributed by atoms with E-state index in [0.717, 1.165) is 0 Å². The molecule has 1 rings (SSSR count). The van der Waals surface area contributed by atoms with Crippen LogP contribution in [-0.4, -0.2) is 30.0 Å². The number of para-hydroxylation sites is 1. The summed E-state index contributed by atoms with van der Waals surface area (Å²) in [6.07, 6.45) is 0. The largest absolute Gasteiger partial charge is 0.465 e. The van der Waals surface area contributed by atoms with Crippen molar-refractivity contribution in [2.45, 2.75) is 6.92 Å². The van der Waals surface area contributed by atoms with Gasteiger partial charge in [-0.3, -0.25) is 9.59 Å². The molecule has 0 fully saturated rings. The molecule has 0 aliphatic heterocycles. The van der Waals surface area contributed by atoms with Gasteiger partial charge in [-0.05, 0) is 19.1 Å². The van der Waals surface area contributed by atoms with Crippen LogP contribution in [0.5, 0.6) is 0 Å². The number of carbonyl (C=O) groups is 2.